The van der Waals surface area contributed by atoms with Crippen molar-refractivity contribution in [2.75, 3.05) is 11.1 Å². The summed E-state index contributed by atoms with van der Waals surface area (Å²) in [6.07, 6.45) is 3.23. The van der Waals surface area contributed by atoms with Crippen LogP contribution in [0.25, 0.3) is 0 Å². The summed E-state index contributed by atoms with van der Waals surface area (Å²) in [6.45, 7) is 2.65. The number of halogens is 1. The number of nitrogens with one attached hydrogen (secondary N) is 1. The van der Waals surface area contributed by atoms with Gasteiger partial charge in [0.05, 0.1) is 11.9 Å². The van der Waals surface area contributed by atoms with Gasteiger partial charge in [-0.3, -0.25) is 9.48 Å². The van der Waals surface area contributed by atoms with Gasteiger partial charge in [0.1, 0.15) is 5.82 Å². The van der Waals surface area contributed by atoms with Crippen LogP contribution >= 0.6 is 0 Å². The van der Waals surface area contributed by atoms with Gasteiger partial charge in [-0.2, -0.15) is 5.10 Å². The molecular weight excluding hydrogens is 235 g/mol. The first-order valence-electron chi connectivity index (χ1n) is 5.48. The molecule has 0 unspecified atom stereocenters. The largest absolute Gasteiger partial charge is 0.399 e. The van der Waals surface area contributed by atoms with Crippen LogP contribution in [0.15, 0.2) is 30.6 Å². The van der Waals surface area contributed by atoms with Crippen molar-refractivity contribution >= 4 is 17.3 Å². The van der Waals surface area contributed by atoms with Crippen LogP contribution in [0.2, 0.25) is 0 Å². The Kier molecular flexibility index (Phi) is 3.27. The van der Waals surface area contributed by atoms with Crippen molar-refractivity contribution in [2.24, 2.45) is 0 Å². The van der Waals surface area contributed by atoms with Crippen molar-refractivity contribution in [3.05, 3.63) is 42.0 Å². The minimum absolute atomic E-state index is 0.178. The second-order valence-corrected chi connectivity index (χ2v) is 3.81. The highest BCUT2D eigenvalue weighted by Crippen LogP contribution is 2.13. The summed E-state index contributed by atoms with van der Waals surface area (Å²) in [6, 6.07) is 3.71. The lowest BCUT2D eigenvalue weighted by atomic mass is 10.2. The van der Waals surface area contributed by atoms with Crippen LogP contribution in [0.4, 0.5) is 15.8 Å². The molecule has 6 heteroatoms. The molecule has 2 rings (SSSR count). The van der Waals surface area contributed by atoms with Crippen molar-refractivity contribution in [3.8, 4) is 0 Å². The molecule has 3 N–H and O–H groups in total. The van der Waals surface area contributed by atoms with Gasteiger partial charge in [0.15, 0.2) is 0 Å². The highest BCUT2D eigenvalue weighted by Gasteiger charge is 2.09. The molecule has 18 heavy (non-hydrogen) atoms. The molecule has 1 amide bonds. The maximum atomic E-state index is 13.1. The van der Waals surface area contributed by atoms with Crippen LogP contribution in [-0.2, 0) is 6.54 Å². The SMILES string of the molecule is CCn1cc(NC(=O)c2cc(N)cc(F)c2)cn1. The number of nitrogen functional groups attached to an aromatic ring is 1. The third-order valence-corrected chi connectivity index (χ3v) is 2.40. The molecule has 94 valence electrons. The molecule has 0 bridgehead atoms. The van der Waals surface area contributed by atoms with Crippen LogP contribution in [0.3, 0.4) is 0 Å². The molecule has 1 heterocycles. The number of carbonyl (C=O) groups excluding carboxylic acids is 1. The van der Waals surface area contributed by atoms with Gasteiger partial charge in [-0.05, 0) is 25.1 Å². The van der Waals surface area contributed by atoms with Gasteiger partial charge in [-0.15, -0.1) is 0 Å². The molecule has 0 atom stereocenters. The molecule has 0 radical (unpaired) electrons. The monoisotopic (exact) mass is 248 g/mol. The first-order valence-corrected chi connectivity index (χ1v) is 5.48. The first-order chi connectivity index (χ1) is 8.58. The highest BCUT2D eigenvalue weighted by molar-refractivity contribution is 6.04. The number of aryl methyl sites for hydroxylation is 1. The van der Waals surface area contributed by atoms with Crippen LogP contribution in [0.5, 0.6) is 0 Å². The van der Waals surface area contributed by atoms with Crippen molar-refractivity contribution in [1.82, 2.24) is 9.78 Å². The van der Waals surface area contributed by atoms with E-state index in [1.54, 1.807) is 10.9 Å². The highest BCUT2D eigenvalue weighted by atomic mass is 19.1. The molecule has 0 spiro atoms. The zero-order valence-electron chi connectivity index (χ0n) is 9.85. The van der Waals surface area contributed by atoms with E-state index in [9.17, 15) is 9.18 Å². The fourth-order valence-corrected chi connectivity index (χ4v) is 1.55. The van der Waals surface area contributed by atoms with E-state index in [0.717, 1.165) is 12.1 Å². The van der Waals surface area contributed by atoms with E-state index in [1.165, 1.54) is 12.3 Å². The lowest BCUT2D eigenvalue weighted by Gasteiger charge is -2.03. The van der Waals surface area contributed by atoms with E-state index in [2.05, 4.69) is 10.4 Å². The molecule has 2 aromatic rings. The predicted octanol–water partition coefficient (Wildman–Crippen LogP) is 1.88. The molecular formula is C12H13FN4O. The smallest absolute Gasteiger partial charge is 0.255 e. The standard InChI is InChI=1S/C12H13FN4O/c1-2-17-7-11(6-15-17)16-12(18)8-3-9(13)5-10(14)4-8/h3-7H,2,14H2,1H3,(H,16,18). The Morgan fingerprint density at radius 1 is 1.50 bits per heavy atom. The summed E-state index contributed by atoms with van der Waals surface area (Å²) in [5, 5.41) is 6.64. The quantitative estimate of drug-likeness (QED) is 0.814. The second-order valence-electron chi connectivity index (χ2n) is 3.81. The Bertz CT molecular complexity index is 559. The van der Waals surface area contributed by atoms with Gasteiger partial charge < -0.3 is 11.1 Å². The van der Waals surface area contributed by atoms with E-state index in [4.69, 9.17) is 5.73 Å². The molecule has 0 fully saturated rings. The Morgan fingerprint density at radius 3 is 2.89 bits per heavy atom. The third kappa shape index (κ3) is 2.65. The Labute approximate surface area is 103 Å². The maximum absolute atomic E-state index is 13.1. The summed E-state index contributed by atoms with van der Waals surface area (Å²) in [5.74, 6) is -0.957. The number of hydrogen-bond donors (Lipinski definition) is 2. The van der Waals surface area contributed by atoms with E-state index < -0.39 is 11.7 Å². The van der Waals surface area contributed by atoms with Crippen molar-refractivity contribution < 1.29 is 9.18 Å². The van der Waals surface area contributed by atoms with Crippen LogP contribution < -0.4 is 11.1 Å². The average Bonchev–Trinajstić information content (AvgIpc) is 2.75. The number of benzene rings is 1. The summed E-state index contributed by atoms with van der Waals surface area (Å²) >= 11 is 0. The molecule has 0 saturated carbocycles. The Balaban J connectivity index is 2.16. The van der Waals surface area contributed by atoms with Gasteiger partial charge >= 0.3 is 0 Å². The number of amides is 1. The molecule has 0 saturated heterocycles. The second kappa shape index (κ2) is 4.87. The third-order valence-electron chi connectivity index (χ3n) is 2.40. The van der Waals surface area contributed by atoms with Gasteiger partial charge in [0.2, 0.25) is 0 Å². The minimum Gasteiger partial charge on any atom is -0.399 e. The predicted molar refractivity (Wildman–Crippen MR) is 66.7 cm³/mol. The Morgan fingerprint density at radius 2 is 2.28 bits per heavy atom. The van der Waals surface area contributed by atoms with E-state index in [-0.39, 0.29) is 11.3 Å². The fourth-order valence-electron chi connectivity index (χ4n) is 1.55. The summed E-state index contributed by atoms with van der Waals surface area (Å²) in [7, 11) is 0. The normalized spacial score (nSPS) is 10.3. The Hall–Kier alpha value is -2.37. The van der Waals surface area contributed by atoms with Crippen molar-refractivity contribution in [3.63, 3.8) is 0 Å². The van der Waals surface area contributed by atoms with E-state index >= 15 is 0 Å². The molecule has 1 aromatic heterocycles. The lowest BCUT2D eigenvalue weighted by Crippen LogP contribution is -2.12. The number of hydrogen-bond acceptors (Lipinski definition) is 3. The zero-order chi connectivity index (χ0) is 13.1. The molecule has 0 aliphatic heterocycles. The van der Waals surface area contributed by atoms with Gasteiger partial charge in [0, 0.05) is 24.0 Å². The average molecular weight is 248 g/mol. The number of nitrogens with two attached hydrogens (primary N) is 1. The number of rotatable bonds is 3. The van der Waals surface area contributed by atoms with Gasteiger partial charge in [-0.1, -0.05) is 0 Å². The van der Waals surface area contributed by atoms with Crippen LogP contribution in [-0.4, -0.2) is 15.7 Å². The molecule has 1 aromatic carbocycles. The van der Waals surface area contributed by atoms with Crippen LogP contribution in [0, 0.1) is 5.82 Å². The van der Waals surface area contributed by atoms with Crippen molar-refractivity contribution in [1.29, 1.82) is 0 Å². The fraction of sp³-hybridized carbons (Fsp3) is 0.167. The summed E-state index contributed by atoms with van der Waals surface area (Å²) < 4.78 is 14.8. The first kappa shape index (κ1) is 12.1. The van der Waals surface area contributed by atoms with E-state index in [1.807, 2.05) is 6.92 Å². The number of anilines is 2. The summed E-state index contributed by atoms with van der Waals surface area (Å²) in [4.78, 5) is 11.8. The van der Waals surface area contributed by atoms with Crippen LogP contribution in [0.1, 0.15) is 17.3 Å². The molecule has 5 nitrogen and oxygen atoms in total. The lowest BCUT2D eigenvalue weighted by molar-refractivity contribution is 0.102. The van der Waals surface area contributed by atoms with E-state index in [0.29, 0.717) is 12.2 Å². The van der Waals surface area contributed by atoms with Gasteiger partial charge in [-0.25, -0.2) is 4.39 Å². The summed E-state index contributed by atoms with van der Waals surface area (Å²) in [5.41, 5.74) is 6.43. The minimum atomic E-state index is -0.538. The number of aromatic nitrogens is 2. The zero-order valence-corrected chi connectivity index (χ0v) is 9.85. The topological polar surface area (TPSA) is 72.9 Å². The number of nitrogens with zero attached hydrogens (tertiary/aromatic N) is 2. The van der Waals surface area contributed by atoms with Gasteiger partial charge in [0.25, 0.3) is 5.91 Å². The molecule has 0 aliphatic rings. The molecule has 0 aliphatic carbocycles. The maximum Gasteiger partial charge on any atom is 0.255 e. The van der Waals surface area contributed by atoms with Crippen molar-refractivity contribution in [2.45, 2.75) is 13.5 Å². The number of carbonyl (C=O) groups is 1.